The van der Waals surface area contributed by atoms with E-state index in [1.165, 1.54) is 6.92 Å². The highest BCUT2D eigenvalue weighted by atomic mass is 16.6. The van der Waals surface area contributed by atoms with Crippen LogP contribution in [-0.2, 0) is 4.74 Å². The molecule has 0 aromatic rings. The molecule has 1 amide bonds. The van der Waals surface area contributed by atoms with Crippen LogP contribution in [0.15, 0.2) is 0 Å². The van der Waals surface area contributed by atoms with Crippen LogP contribution in [0.3, 0.4) is 0 Å². The van der Waals surface area contributed by atoms with Crippen molar-refractivity contribution < 1.29 is 19.7 Å². The Labute approximate surface area is 110 Å². The van der Waals surface area contributed by atoms with Gasteiger partial charge in [-0.2, -0.15) is 0 Å². The zero-order valence-corrected chi connectivity index (χ0v) is 12.2. The van der Waals surface area contributed by atoms with Crippen LogP contribution in [0.1, 0.15) is 48.0 Å². The maximum atomic E-state index is 11.6. The van der Waals surface area contributed by atoms with Gasteiger partial charge >= 0.3 is 6.09 Å². The molecule has 0 unspecified atom stereocenters. The lowest BCUT2D eigenvalue weighted by Gasteiger charge is -2.28. The van der Waals surface area contributed by atoms with Gasteiger partial charge in [-0.15, -0.1) is 0 Å². The van der Waals surface area contributed by atoms with Gasteiger partial charge in [-0.25, -0.2) is 4.79 Å². The molecule has 0 bridgehead atoms. The summed E-state index contributed by atoms with van der Waals surface area (Å²) in [6.07, 6.45) is -1.87. The summed E-state index contributed by atoms with van der Waals surface area (Å²) in [7, 11) is 0. The van der Waals surface area contributed by atoms with Crippen LogP contribution in [0.25, 0.3) is 0 Å². The van der Waals surface area contributed by atoms with Crippen molar-refractivity contribution in [3.63, 3.8) is 0 Å². The Kier molecular flexibility index (Phi) is 6.63. The normalized spacial score (nSPS) is 17.2. The van der Waals surface area contributed by atoms with E-state index < -0.39 is 23.9 Å². The first kappa shape index (κ1) is 17.2. The van der Waals surface area contributed by atoms with Crippen LogP contribution in [0, 0.1) is 5.92 Å². The predicted octanol–water partition coefficient (Wildman–Crippen LogP) is 1.67. The number of aliphatic hydroxyl groups excluding tert-OH is 2. The molecule has 3 N–H and O–H groups in total. The van der Waals surface area contributed by atoms with Gasteiger partial charge in [0.2, 0.25) is 0 Å². The SMILES string of the molecule is CC(C)[C@@H](C[C@@H](O)[C@@H](C)O)NC(=O)OC(C)(C)C. The first-order valence-corrected chi connectivity index (χ1v) is 6.38. The Balaban J connectivity index is 4.41. The van der Waals surface area contributed by atoms with Crippen LogP contribution in [-0.4, -0.2) is 40.2 Å². The van der Waals surface area contributed by atoms with Crippen molar-refractivity contribution >= 4 is 6.09 Å². The molecule has 0 aliphatic carbocycles. The minimum absolute atomic E-state index is 0.144. The summed E-state index contributed by atoms with van der Waals surface area (Å²) in [6, 6.07) is -0.232. The molecule has 0 aliphatic heterocycles. The summed E-state index contributed by atoms with van der Waals surface area (Å²) in [5.74, 6) is 0.144. The van der Waals surface area contributed by atoms with Crippen LogP contribution in [0.4, 0.5) is 4.79 Å². The van der Waals surface area contributed by atoms with Crippen molar-refractivity contribution in [1.82, 2.24) is 5.32 Å². The lowest BCUT2D eigenvalue weighted by molar-refractivity contribution is 0.0125. The molecule has 5 heteroatoms. The molecule has 0 saturated carbocycles. The van der Waals surface area contributed by atoms with Crippen molar-refractivity contribution in [3.05, 3.63) is 0 Å². The number of carbonyl (C=O) groups excluding carboxylic acids is 1. The monoisotopic (exact) mass is 261 g/mol. The lowest BCUT2D eigenvalue weighted by Crippen LogP contribution is -2.44. The first-order chi connectivity index (χ1) is 8.03. The number of carbonyl (C=O) groups is 1. The van der Waals surface area contributed by atoms with Gasteiger partial charge in [0.25, 0.3) is 0 Å². The highest BCUT2D eigenvalue weighted by molar-refractivity contribution is 5.68. The maximum absolute atomic E-state index is 11.6. The first-order valence-electron chi connectivity index (χ1n) is 6.38. The zero-order chi connectivity index (χ0) is 14.5. The number of hydrogen-bond acceptors (Lipinski definition) is 4. The van der Waals surface area contributed by atoms with Crippen molar-refractivity contribution in [3.8, 4) is 0 Å². The van der Waals surface area contributed by atoms with Gasteiger partial charge in [0.05, 0.1) is 12.2 Å². The van der Waals surface area contributed by atoms with E-state index in [2.05, 4.69) is 5.32 Å². The Morgan fingerprint density at radius 2 is 1.72 bits per heavy atom. The molecule has 0 aromatic carbocycles. The van der Waals surface area contributed by atoms with E-state index in [1.807, 2.05) is 13.8 Å². The minimum atomic E-state index is -0.854. The number of alkyl carbamates (subject to hydrolysis) is 1. The number of aliphatic hydroxyl groups is 2. The van der Waals surface area contributed by atoms with Crippen molar-refractivity contribution in [2.24, 2.45) is 5.92 Å². The van der Waals surface area contributed by atoms with E-state index in [0.717, 1.165) is 0 Å². The number of amides is 1. The molecule has 3 atom stereocenters. The fourth-order valence-electron chi connectivity index (χ4n) is 1.41. The summed E-state index contributed by atoms with van der Waals surface area (Å²) < 4.78 is 5.17. The second kappa shape index (κ2) is 6.95. The molecule has 0 saturated heterocycles. The summed E-state index contributed by atoms with van der Waals surface area (Å²) in [4.78, 5) is 11.6. The lowest BCUT2D eigenvalue weighted by atomic mass is 9.96. The van der Waals surface area contributed by atoms with Gasteiger partial charge in [-0.05, 0) is 40.0 Å². The number of ether oxygens (including phenoxy) is 1. The Morgan fingerprint density at radius 1 is 1.22 bits per heavy atom. The van der Waals surface area contributed by atoms with Crippen LogP contribution < -0.4 is 5.32 Å². The maximum Gasteiger partial charge on any atom is 0.407 e. The van der Waals surface area contributed by atoms with E-state index in [4.69, 9.17) is 4.74 Å². The molecule has 0 rings (SSSR count). The van der Waals surface area contributed by atoms with Gasteiger partial charge in [-0.3, -0.25) is 0 Å². The third-order valence-corrected chi connectivity index (χ3v) is 2.56. The van der Waals surface area contributed by atoms with Crippen LogP contribution >= 0.6 is 0 Å². The molecule has 0 aliphatic rings. The number of hydrogen-bond donors (Lipinski definition) is 3. The minimum Gasteiger partial charge on any atom is -0.444 e. The van der Waals surface area contributed by atoms with Gasteiger partial charge in [0.15, 0.2) is 0 Å². The van der Waals surface area contributed by atoms with E-state index in [1.54, 1.807) is 20.8 Å². The molecular formula is C13H27NO4. The highest BCUT2D eigenvalue weighted by Gasteiger charge is 2.24. The molecule has 0 radical (unpaired) electrons. The molecule has 0 heterocycles. The summed E-state index contributed by atoms with van der Waals surface area (Å²) >= 11 is 0. The highest BCUT2D eigenvalue weighted by Crippen LogP contribution is 2.13. The topological polar surface area (TPSA) is 78.8 Å². The number of nitrogens with one attached hydrogen (secondary N) is 1. The number of rotatable bonds is 5. The van der Waals surface area contributed by atoms with E-state index >= 15 is 0 Å². The smallest absolute Gasteiger partial charge is 0.407 e. The standard InChI is InChI=1S/C13H27NO4/c1-8(2)10(7-11(16)9(3)15)14-12(17)18-13(4,5)6/h8-11,15-16H,7H2,1-6H3,(H,14,17)/t9-,10-,11-/m1/s1. The van der Waals surface area contributed by atoms with E-state index in [9.17, 15) is 15.0 Å². The van der Waals surface area contributed by atoms with Crippen molar-refractivity contribution in [2.45, 2.75) is 71.8 Å². The molecule has 18 heavy (non-hydrogen) atoms. The Bertz CT molecular complexity index is 258. The summed E-state index contributed by atoms with van der Waals surface area (Å²) in [5, 5.41) is 21.7. The molecule has 0 aromatic heterocycles. The van der Waals surface area contributed by atoms with Gasteiger partial charge in [0, 0.05) is 6.04 Å². The third kappa shape index (κ3) is 7.50. The van der Waals surface area contributed by atoms with E-state index in [-0.39, 0.29) is 12.0 Å². The molecule has 0 spiro atoms. The molecular weight excluding hydrogens is 234 g/mol. The van der Waals surface area contributed by atoms with Gasteiger partial charge < -0.3 is 20.3 Å². The Hall–Kier alpha value is -0.810. The van der Waals surface area contributed by atoms with Gasteiger partial charge in [0.1, 0.15) is 5.60 Å². The van der Waals surface area contributed by atoms with Crippen LogP contribution in [0.2, 0.25) is 0 Å². The average Bonchev–Trinajstić information content (AvgIpc) is 2.12. The second-order valence-electron chi connectivity index (χ2n) is 6.04. The summed E-state index contributed by atoms with van der Waals surface area (Å²) in [5.41, 5.74) is -0.547. The van der Waals surface area contributed by atoms with Crippen molar-refractivity contribution in [1.29, 1.82) is 0 Å². The molecule has 108 valence electrons. The molecule has 5 nitrogen and oxygen atoms in total. The molecule has 0 fully saturated rings. The fourth-order valence-corrected chi connectivity index (χ4v) is 1.41. The largest absolute Gasteiger partial charge is 0.444 e. The fraction of sp³-hybridized carbons (Fsp3) is 0.923. The second-order valence-corrected chi connectivity index (χ2v) is 6.04. The quantitative estimate of drug-likeness (QED) is 0.703. The Morgan fingerprint density at radius 3 is 2.06 bits per heavy atom. The van der Waals surface area contributed by atoms with Gasteiger partial charge in [-0.1, -0.05) is 13.8 Å². The van der Waals surface area contributed by atoms with Crippen LogP contribution in [0.5, 0.6) is 0 Å². The average molecular weight is 261 g/mol. The third-order valence-electron chi connectivity index (χ3n) is 2.56. The van der Waals surface area contributed by atoms with Crippen molar-refractivity contribution in [2.75, 3.05) is 0 Å². The summed E-state index contributed by atoms with van der Waals surface area (Å²) in [6.45, 7) is 10.8. The zero-order valence-electron chi connectivity index (χ0n) is 12.2. The predicted molar refractivity (Wildman–Crippen MR) is 70.3 cm³/mol. The van der Waals surface area contributed by atoms with E-state index in [0.29, 0.717) is 6.42 Å².